The number of anilines is 1. The van der Waals surface area contributed by atoms with Gasteiger partial charge in [0.15, 0.2) is 0 Å². The minimum atomic E-state index is -3.11. The number of hydrogen-bond acceptors (Lipinski definition) is 3. The first kappa shape index (κ1) is 17.0. The average Bonchev–Trinajstić information content (AvgIpc) is 2.38. The fourth-order valence-electron chi connectivity index (χ4n) is 2.84. The minimum Gasteiger partial charge on any atom is -0.369 e. The van der Waals surface area contributed by atoms with Crippen LogP contribution < -0.4 is 4.90 Å². The summed E-state index contributed by atoms with van der Waals surface area (Å²) in [7, 11) is -3.11. The highest BCUT2D eigenvalue weighted by Gasteiger charge is 2.28. The Balaban J connectivity index is 2.13. The lowest BCUT2D eigenvalue weighted by Gasteiger charge is -2.38. The van der Waals surface area contributed by atoms with Gasteiger partial charge in [-0.2, -0.15) is 0 Å². The molecule has 21 heavy (non-hydrogen) atoms. The van der Waals surface area contributed by atoms with Crippen molar-refractivity contribution >= 4 is 38.3 Å². The predicted octanol–water partition coefficient (Wildman–Crippen LogP) is 2.68. The molecule has 0 bridgehead atoms. The number of hydrogen-bond donors (Lipinski definition) is 0. The van der Waals surface area contributed by atoms with E-state index in [2.05, 4.69) is 27.5 Å². The Morgan fingerprint density at radius 2 is 1.95 bits per heavy atom. The zero-order chi connectivity index (χ0) is 15.6. The summed E-state index contributed by atoms with van der Waals surface area (Å²) in [5.74, 6) is -0.232. The van der Waals surface area contributed by atoms with Crippen LogP contribution in [0.4, 0.5) is 10.1 Å². The number of sulfonamides is 1. The highest BCUT2D eigenvalue weighted by molar-refractivity contribution is 14.1. The summed E-state index contributed by atoms with van der Waals surface area (Å²) >= 11 is 2.11. The van der Waals surface area contributed by atoms with E-state index in [9.17, 15) is 12.8 Å². The molecule has 1 aliphatic heterocycles. The van der Waals surface area contributed by atoms with E-state index in [0.717, 1.165) is 28.6 Å². The Kier molecular flexibility index (Phi) is 5.48. The fraction of sp³-hybridized carbons (Fsp3) is 0.571. The van der Waals surface area contributed by atoms with Crippen molar-refractivity contribution in [3.05, 3.63) is 27.6 Å². The molecule has 1 aliphatic rings. The molecule has 0 radical (unpaired) electrons. The lowest BCUT2D eigenvalue weighted by Crippen LogP contribution is -2.46. The quantitative estimate of drug-likeness (QED) is 0.696. The summed E-state index contributed by atoms with van der Waals surface area (Å²) < 4.78 is 39.1. The second kappa shape index (κ2) is 6.78. The monoisotopic (exact) mass is 426 g/mol. The Bertz CT molecular complexity index is 581. The van der Waals surface area contributed by atoms with Crippen LogP contribution in [0, 0.1) is 9.39 Å². The molecule has 2 rings (SSSR count). The van der Waals surface area contributed by atoms with Gasteiger partial charge in [0.25, 0.3) is 0 Å². The van der Waals surface area contributed by atoms with Gasteiger partial charge < -0.3 is 4.90 Å². The molecule has 0 spiro atoms. The molecule has 1 aromatic rings. The lowest BCUT2D eigenvalue weighted by molar-refractivity contribution is 0.313. The van der Waals surface area contributed by atoms with Gasteiger partial charge in [-0.1, -0.05) is 0 Å². The minimum absolute atomic E-state index is 0.232. The first-order valence-electron chi connectivity index (χ1n) is 6.99. The Morgan fingerprint density at radius 1 is 1.33 bits per heavy atom. The van der Waals surface area contributed by atoms with Crippen molar-refractivity contribution in [2.75, 3.05) is 30.8 Å². The highest BCUT2D eigenvalue weighted by atomic mass is 127. The van der Waals surface area contributed by atoms with Crippen LogP contribution >= 0.6 is 22.6 Å². The standard InChI is InChI=1S/C14H20FIN2O2S/c1-3-18(14-9-11(15)8-12(16)10-14)13-4-6-17(7-5-13)21(2,19)20/h8-10,13H,3-7H2,1-2H3. The van der Waals surface area contributed by atoms with Gasteiger partial charge in [0, 0.05) is 34.9 Å². The van der Waals surface area contributed by atoms with E-state index in [4.69, 9.17) is 0 Å². The summed E-state index contributed by atoms with van der Waals surface area (Å²) in [4.78, 5) is 2.17. The molecule has 0 aliphatic carbocycles. The molecule has 0 unspecified atom stereocenters. The molecule has 0 amide bonds. The second-order valence-corrected chi connectivity index (χ2v) is 8.53. The first-order valence-corrected chi connectivity index (χ1v) is 9.92. The molecule has 7 heteroatoms. The molecule has 1 aromatic carbocycles. The van der Waals surface area contributed by atoms with Gasteiger partial charge >= 0.3 is 0 Å². The summed E-state index contributed by atoms with van der Waals surface area (Å²) in [6, 6.07) is 5.28. The van der Waals surface area contributed by atoms with Crippen LogP contribution in [0.25, 0.3) is 0 Å². The maximum atomic E-state index is 13.6. The van der Waals surface area contributed by atoms with Crippen molar-refractivity contribution in [3.63, 3.8) is 0 Å². The summed E-state index contributed by atoms with van der Waals surface area (Å²) in [5, 5.41) is 0. The van der Waals surface area contributed by atoms with Gasteiger partial charge in [-0.25, -0.2) is 17.1 Å². The van der Waals surface area contributed by atoms with Crippen molar-refractivity contribution in [2.24, 2.45) is 0 Å². The number of rotatable bonds is 4. The van der Waals surface area contributed by atoms with Crippen LogP contribution in [0.3, 0.4) is 0 Å². The Morgan fingerprint density at radius 3 is 2.43 bits per heavy atom. The largest absolute Gasteiger partial charge is 0.369 e. The topological polar surface area (TPSA) is 40.6 Å². The van der Waals surface area contributed by atoms with Gasteiger partial charge in [0.05, 0.1) is 6.26 Å². The van der Waals surface area contributed by atoms with Crippen molar-refractivity contribution in [3.8, 4) is 0 Å². The average molecular weight is 426 g/mol. The lowest BCUT2D eigenvalue weighted by atomic mass is 10.0. The summed E-state index contributed by atoms with van der Waals surface area (Å²) in [6.07, 6.45) is 2.79. The zero-order valence-electron chi connectivity index (χ0n) is 12.2. The Hall–Kier alpha value is -0.410. The third-order valence-electron chi connectivity index (χ3n) is 3.85. The number of halogens is 2. The summed E-state index contributed by atoms with van der Waals surface area (Å²) in [5.41, 5.74) is 0.875. The fourth-order valence-corrected chi connectivity index (χ4v) is 4.33. The molecular weight excluding hydrogens is 406 g/mol. The van der Waals surface area contributed by atoms with Gasteiger partial charge in [-0.05, 0) is 60.6 Å². The molecule has 0 saturated carbocycles. The smallest absolute Gasteiger partial charge is 0.211 e. The SMILES string of the molecule is CCN(c1cc(F)cc(I)c1)C1CCN(S(C)(=O)=O)CC1. The van der Waals surface area contributed by atoms with Crippen molar-refractivity contribution in [2.45, 2.75) is 25.8 Å². The third kappa shape index (κ3) is 4.29. The van der Waals surface area contributed by atoms with Crippen LogP contribution in [-0.4, -0.2) is 44.7 Å². The maximum Gasteiger partial charge on any atom is 0.211 e. The van der Waals surface area contributed by atoms with E-state index < -0.39 is 10.0 Å². The molecular formula is C14H20FIN2O2S. The van der Waals surface area contributed by atoms with E-state index >= 15 is 0 Å². The van der Waals surface area contributed by atoms with E-state index in [1.165, 1.54) is 16.6 Å². The van der Waals surface area contributed by atoms with Gasteiger partial charge in [0.1, 0.15) is 5.82 Å². The van der Waals surface area contributed by atoms with Gasteiger partial charge in [-0.3, -0.25) is 0 Å². The van der Waals surface area contributed by atoms with Crippen LogP contribution in [0.1, 0.15) is 19.8 Å². The molecule has 1 fully saturated rings. The molecule has 118 valence electrons. The molecule has 0 aromatic heterocycles. The predicted molar refractivity (Wildman–Crippen MR) is 91.6 cm³/mol. The maximum absolute atomic E-state index is 13.6. The van der Waals surface area contributed by atoms with Gasteiger partial charge in [-0.15, -0.1) is 0 Å². The zero-order valence-corrected chi connectivity index (χ0v) is 15.2. The number of benzene rings is 1. The van der Waals surface area contributed by atoms with Gasteiger partial charge in [0.2, 0.25) is 10.0 Å². The number of piperidine rings is 1. The second-order valence-electron chi connectivity index (χ2n) is 5.31. The molecule has 0 atom stereocenters. The van der Waals surface area contributed by atoms with Crippen LogP contribution in [0.5, 0.6) is 0 Å². The molecule has 4 nitrogen and oxygen atoms in total. The number of nitrogens with zero attached hydrogens (tertiary/aromatic N) is 2. The Labute approximate surface area is 139 Å². The van der Waals surface area contributed by atoms with E-state index in [1.807, 2.05) is 13.0 Å². The molecule has 1 heterocycles. The first-order chi connectivity index (χ1) is 9.81. The van der Waals surface area contributed by atoms with E-state index in [0.29, 0.717) is 13.1 Å². The van der Waals surface area contributed by atoms with Crippen molar-refractivity contribution in [1.82, 2.24) is 4.31 Å². The highest BCUT2D eigenvalue weighted by Crippen LogP contribution is 2.26. The summed E-state index contributed by atoms with van der Waals surface area (Å²) in [6.45, 7) is 3.89. The van der Waals surface area contributed by atoms with Crippen LogP contribution in [0.2, 0.25) is 0 Å². The van der Waals surface area contributed by atoms with Crippen molar-refractivity contribution in [1.29, 1.82) is 0 Å². The third-order valence-corrected chi connectivity index (χ3v) is 5.78. The molecule has 0 N–H and O–H groups in total. The van der Waals surface area contributed by atoms with Crippen molar-refractivity contribution < 1.29 is 12.8 Å². The van der Waals surface area contributed by atoms with E-state index in [-0.39, 0.29) is 11.9 Å². The van der Waals surface area contributed by atoms with Crippen LogP contribution in [0.15, 0.2) is 18.2 Å². The normalized spacial score (nSPS) is 17.9. The van der Waals surface area contributed by atoms with E-state index in [1.54, 1.807) is 6.07 Å². The molecule has 1 saturated heterocycles. The van der Waals surface area contributed by atoms with Crippen LogP contribution in [-0.2, 0) is 10.0 Å².